The SMILES string of the molecule is C/C=C(\C=C/C(C)C(C)(C)CC)Cn1cc(CCCc2ccc(OC(C)(C)C(=O)O)cc2)n(CCC)c1=O. The van der Waals surface area contributed by atoms with Crippen molar-refractivity contribution in [1.82, 2.24) is 9.13 Å². The fourth-order valence-corrected chi connectivity index (χ4v) is 4.18. The molecule has 0 fully saturated rings. The highest BCUT2D eigenvalue weighted by molar-refractivity contribution is 5.76. The lowest BCUT2D eigenvalue weighted by Crippen LogP contribution is -2.37. The van der Waals surface area contributed by atoms with Crippen molar-refractivity contribution in [3.05, 3.63) is 76.0 Å². The highest BCUT2D eigenvalue weighted by atomic mass is 16.5. The van der Waals surface area contributed by atoms with E-state index in [1.54, 1.807) is 0 Å². The molecule has 1 aromatic carbocycles. The summed E-state index contributed by atoms with van der Waals surface area (Å²) < 4.78 is 9.36. The van der Waals surface area contributed by atoms with E-state index in [0.29, 0.717) is 18.2 Å². The van der Waals surface area contributed by atoms with Crippen LogP contribution in [0.1, 0.15) is 85.9 Å². The molecule has 210 valence electrons. The Labute approximate surface area is 229 Å². The Morgan fingerprint density at radius 3 is 2.32 bits per heavy atom. The molecule has 6 heteroatoms. The normalized spacial score (nSPS) is 13.7. The average Bonchev–Trinajstić information content (AvgIpc) is 3.16. The minimum Gasteiger partial charge on any atom is -0.478 e. The number of aryl methyl sites for hydroxylation is 2. The van der Waals surface area contributed by atoms with Gasteiger partial charge in [-0.05, 0) is 81.1 Å². The molecular formula is C32H48N2O4. The average molecular weight is 525 g/mol. The van der Waals surface area contributed by atoms with Crippen molar-refractivity contribution in [2.45, 2.75) is 106 Å². The molecule has 1 atom stereocenters. The van der Waals surface area contributed by atoms with Crippen molar-refractivity contribution < 1.29 is 14.6 Å². The van der Waals surface area contributed by atoms with E-state index in [-0.39, 0.29) is 11.1 Å². The maximum absolute atomic E-state index is 13.2. The lowest BCUT2D eigenvalue weighted by molar-refractivity contribution is -0.152. The fourth-order valence-electron chi connectivity index (χ4n) is 4.18. The quantitative estimate of drug-likeness (QED) is 0.253. The monoisotopic (exact) mass is 524 g/mol. The number of ether oxygens (including phenoxy) is 1. The highest BCUT2D eigenvalue weighted by Gasteiger charge is 2.29. The summed E-state index contributed by atoms with van der Waals surface area (Å²) in [7, 11) is 0. The van der Waals surface area contributed by atoms with E-state index >= 15 is 0 Å². The van der Waals surface area contributed by atoms with Crippen LogP contribution >= 0.6 is 0 Å². The van der Waals surface area contributed by atoms with E-state index < -0.39 is 11.6 Å². The Morgan fingerprint density at radius 2 is 1.76 bits per heavy atom. The molecule has 0 amide bonds. The summed E-state index contributed by atoms with van der Waals surface area (Å²) in [5, 5.41) is 9.26. The smallest absolute Gasteiger partial charge is 0.347 e. The Morgan fingerprint density at radius 1 is 1.11 bits per heavy atom. The van der Waals surface area contributed by atoms with Crippen LogP contribution in [0.15, 0.2) is 59.1 Å². The minimum atomic E-state index is -1.27. The second-order valence-corrected chi connectivity index (χ2v) is 11.5. The fraction of sp³-hybridized carbons (Fsp3) is 0.562. The van der Waals surface area contributed by atoms with Crippen LogP contribution in [0.5, 0.6) is 5.75 Å². The molecule has 1 aromatic heterocycles. The topological polar surface area (TPSA) is 73.5 Å². The van der Waals surface area contributed by atoms with Gasteiger partial charge in [-0.25, -0.2) is 9.59 Å². The molecule has 0 aliphatic heterocycles. The predicted octanol–water partition coefficient (Wildman–Crippen LogP) is 7.05. The van der Waals surface area contributed by atoms with Crippen LogP contribution in [0.4, 0.5) is 0 Å². The molecule has 0 aliphatic carbocycles. The van der Waals surface area contributed by atoms with Gasteiger partial charge in [0.15, 0.2) is 5.60 Å². The van der Waals surface area contributed by atoms with E-state index in [0.717, 1.165) is 55.5 Å². The molecule has 0 aliphatic rings. The largest absolute Gasteiger partial charge is 0.478 e. The molecule has 1 unspecified atom stereocenters. The van der Waals surface area contributed by atoms with Crippen LogP contribution in [0.25, 0.3) is 0 Å². The van der Waals surface area contributed by atoms with Crippen LogP contribution in [0.2, 0.25) is 0 Å². The van der Waals surface area contributed by atoms with E-state index in [9.17, 15) is 14.7 Å². The van der Waals surface area contributed by atoms with Gasteiger partial charge in [0.05, 0.1) is 6.54 Å². The molecular weight excluding hydrogens is 476 g/mol. The van der Waals surface area contributed by atoms with Crippen molar-refractivity contribution in [3.63, 3.8) is 0 Å². The molecule has 0 radical (unpaired) electrons. The van der Waals surface area contributed by atoms with E-state index in [1.165, 1.54) is 13.8 Å². The molecule has 2 rings (SSSR count). The number of imidazole rings is 1. The minimum absolute atomic E-state index is 0.0547. The molecule has 1 N–H and O–H groups in total. The Balaban J connectivity index is 2.08. The summed E-state index contributed by atoms with van der Waals surface area (Å²) in [5.41, 5.74) is 2.38. The molecule has 0 saturated carbocycles. The highest BCUT2D eigenvalue weighted by Crippen LogP contribution is 2.31. The van der Waals surface area contributed by atoms with Gasteiger partial charge in [-0.1, -0.05) is 71.4 Å². The maximum atomic E-state index is 13.2. The van der Waals surface area contributed by atoms with Crippen LogP contribution in [-0.2, 0) is 30.7 Å². The predicted molar refractivity (Wildman–Crippen MR) is 156 cm³/mol. The van der Waals surface area contributed by atoms with Gasteiger partial charge in [0, 0.05) is 18.4 Å². The van der Waals surface area contributed by atoms with Crippen LogP contribution in [-0.4, -0.2) is 25.8 Å². The summed E-state index contributed by atoms with van der Waals surface area (Å²) in [4.78, 5) is 24.5. The number of aromatic nitrogens is 2. The number of nitrogens with zero attached hydrogens (tertiary/aromatic N) is 2. The number of hydrogen-bond acceptors (Lipinski definition) is 3. The number of aliphatic carboxylic acids is 1. The van der Waals surface area contributed by atoms with Crippen LogP contribution in [0.3, 0.4) is 0 Å². The second-order valence-electron chi connectivity index (χ2n) is 11.5. The third-order valence-electron chi connectivity index (χ3n) is 7.75. The zero-order valence-electron chi connectivity index (χ0n) is 24.7. The number of rotatable bonds is 15. The second kappa shape index (κ2) is 13.7. The van der Waals surface area contributed by atoms with Crippen molar-refractivity contribution in [1.29, 1.82) is 0 Å². The van der Waals surface area contributed by atoms with E-state index in [1.807, 2.05) is 46.5 Å². The molecule has 0 spiro atoms. The number of allylic oxidation sites excluding steroid dienone is 4. The third kappa shape index (κ3) is 8.50. The molecule has 2 aromatic rings. The van der Waals surface area contributed by atoms with Gasteiger partial charge >= 0.3 is 11.7 Å². The number of carbonyl (C=O) groups is 1. The van der Waals surface area contributed by atoms with Gasteiger partial charge in [0.1, 0.15) is 5.75 Å². The molecule has 1 heterocycles. The standard InChI is InChI=1S/C32H48N2O4/c1-9-21-34-27(14-12-13-26-17-19-28(20-18-26)38-32(7,8)29(35)36)23-33(30(34)37)22-25(10-2)16-15-24(4)31(5,6)11-3/h10,15-20,23-24H,9,11-14,21-22H2,1-8H3,(H,35,36)/b16-15-,25-10+. The first-order valence-electron chi connectivity index (χ1n) is 14.0. The first-order valence-corrected chi connectivity index (χ1v) is 14.0. The first kappa shape index (κ1) is 31.2. The maximum Gasteiger partial charge on any atom is 0.347 e. The number of carboxylic acid groups (broad SMARTS) is 1. The number of benzene rings is 1. The number of carboxylic acids is 1. The summed E-state index contributed by atoms with van der Waals surface area (Å²) in [6.45, 7) is 17.6. The lowest BCUT2D eigenvalue weighted by Gasteiger charge is -2.28. The van der Waals surface area contributed by atoms with Gasteiger partial charge in [-0.2, -0.15) is 0 Å². The Kier molecular flexibility index (Phi) is 11.2. The molecule has 0 bridgehead atoms. The van der Waals surface area contributed by atoms with Crippen molar-refractivity contribution >= 4 is 5.97 Å². The van der Waals surface area contributed by atoms with Crippen molar-refractivity contribution in [2.75, 3.05) is 0 Å². The Bertz CT molecular complexity index is 1160. The van der Waals surface area contributed by atoms with E-state index in [2.05, 4.69) is 52.8 Å². The Hall–Kier alpha value is -3.02. The first-order chi connectivity index (χ1) is 17.8. The van der Waals surface area contributed by atoms with Gasteiger partial charge in [-0.15, -0.1) is 0 Å². The van der Waals surface area contributed by atoms with Gasteiger partial charge in [-0.3, -0.25) is 9.13 Å². The summed E-state index contributed by atoms with van der Waals surface area (Å²) in [6, 6.07) is 7.59. The molecule has 0 saturated heterocycles. The third-order valence-corrected chi connectivity index (χ3v) is 7.75. The van der Waals surface area contributed by atoms with Gasteiger partial charge < -0.3 is 9.84 Å². The van der Waals surface area contributed by atoms with Crippen molar-refractivity contribution in [3.8, 4) is 5.75 Å². The van der Waals surface area contributed by atoms with Gasteiger partial charge in [0.2, 0.25) is 0 Å². The van der Waals surface area contributed by atoms with Crippen molar-refractivity contribution in [2.24, 2.45) is 11.3 Å². The summed E-state index contributed by atoms with van der Waals surface area (Å²) in [6.07, 6.45) is 13.2. The van der Waals surface area contributed by atoms with Crippen LogP contribution in [0, 0.1) is 11.3 Å². The summed E-state index contributed by atoms with van der Waals surface area (Å²) >= 11 is 0. The zero-order valence-corrected chi connectivity index (χ0v) is 24.7. The molecule has 6 nitrogen and oxygen atoms in total. The van der Waals surface area contributed by atoms with Crippen LogP contribution < -0.4 is 10.4 Å². The van der Waals surface area contributed by atoms with Gasteiger partial charge in [0.25, 0.3) is 0 Å². The lowest BCUT2D eigenvalue weighted by atomic mass is 9.77. The van der Waals surface area contributed by atoms with E-state index in [4.69, 9.17) is 4.74 Å². The molecule has 38 heavy (non-hydrogen) atoms. The zero-order chi connectivity index (χ0) is 28.5. The number of hydrogen-bond donors (Lipinski definition) is 1. The summed E-state index contributed by atoms with van der Waals surface area (Å²) in [5.74, 6) is -0.0144.